The summed E-state index contributed by atoms with van der Waals surface area (Å²) in [5.41, 5.74) is 5.84. The Morgan fingerprint density at radius 1 is 1.11 bits per heavy atom. The Balaban J connectivity index is 2.13. The van der Waals surface area contributed by atoms with E-state index in [9.17, 15) is 13.2 Å². The topological polar surface area (TPSA) is 50.9 Å². The van der Waals surface area contributed by atoms with E-state index in [-0.39, 0.29) is 18.2 Å². The first-order chi connectivity index (χ1) is 8.56. The van der Waals surface area contributed by atoms with E-state index >= 15 is 0 Å². The summed E-state index contributed by atoms with van der Waals surface area (Å²) in [6, 6.07) is 6.46. The van der Waals surface area contributed by atoms with Crippen LogP contribution in [0.1, 0.15) is 5.56 Å². The monoisotopic (exact) mass is 253 g/mol. The minimum absolute atomic E-state index is 0.159. The van der Waals surface area contributed by atoms with E-state index in [1.165, 1.54) is 18.2 Å². The van der Waals surface area contributed by atoms with Gasteiger partial charge in [0.25, 0.3) is 0 Å². The van der Waals surface area contributed by atoms with Crippen molar-refractivity contribution >= 4 is 11.6 Å². The van der Waals surface area contributed by atoms with E-state index in [4.69, 9.17) is 5.73 Å². The molecule has 2 rings (SSSR count). The molecule has 3 N–H and O–H groups in total. The SMILES string of the molecule is Nc1nc(NCc2cccc(F)c2)c(F)cc1F. The second-order valence-electron chi connectivity index (χ2n) is 3.67. The molecule has 0 saturated heterocycles. The number of aromatic nitrogens is 1. The number of halogens is 3. The third-order valence-corrected chi connectivity index (χ3v) is 2.31. The first kappa shape index (κ1) is 12.2. The molecule has 0 saturated carbocycles. The first-order valence-electron chi connectivity index (χ1n) is 5.16. The van der Waals surface area contributed by atoms with E-state index < -0.39 is 17.5 Å². The fourth-order valence-electron chi connectivity index (χ4n) is 1.44. The van der Waals surface area contributed by atoms with E-state index in [1.54, 1.807) is 6.07 Å². The Morgan fingerprint density at radius 2 is 1.89 bits per heavy atom. The average molecular weight is 253 g/mol. The van der Waals surface area contributed by atoms with Gasteiger partial charge in [-0.1, -0.05) is 12.1 Å². The Kier molecular flexibility index (Phi) is 3.36. The van der Waals surface area contributed by atoms with Crippen LogP contribution in [0.2, 0.25) is 0 Å². The maximum Gasteiger partial charge on any atom is 0.168 e. The summed E-state index contributed by atoms with van der Waals surface area (Å²) in [4.78, 5) is 3.53. The summed E-state index contributed by atoms with van der Waals surface area (Å²) >= 11 is 0. The number of hydrogen-bond donors (Lipinski definition) is 2. The van der Waals surface area contributed by atoms with E-state index in [2.05, 4.69) is 10.3 Å². The van der Waals surface area contributed by atoms with Crippen molar-refractivity contribution in [2.75, 3.05) is 11.1 Å². The highest BCUT2D eigenvalue weighted by molar-refractivity contribution is 5.45. The summed E-state index contributed by atoms with van der Waals surface area (Å²) in [6.45, 7) is 0.159. The third-order valence-electron chi connectivity index (χ3n) is 2.31. The lowest BCUT2D eigenvalue weighted by atomic mass is 10.2. The van der Waals surface area contributed by atoms with Crippen molar-refractivity contribution in [2.45, 2.75) is 6.54 Å². The van der Waals surface area contributed by atoms with Gasteiger partial charge in [0.05, 0.1) is 0 Å². The Bertz CT molecular complexity index is 572. The lowest BCUT2D eigenvalue weighted by Crippen LogP contribution is -2.07. The maximum absolute atomic E-state index is 13.3. The molecule has 3 nitrogen and oxygen atoms in total. The minimum atomic E-state index is -0.913. The molecule has 1 heterocycles. The molecule has 0 radical (unpaired) electrons. The zero-order valence-corrected chi connectivity index (χ0v) is 9.25. The molecule has 0 aliphatic heterocycles. The summed E-state index contributed by atoms with van der Waals surface area (Å²) in [6.07, 6.45) is 0. The van der Waals surface area contributed by atoms with Crippen LogP contribution in [0.25, 0.3) is 0 Å². The summed E-state index contributed by atoms with van der Waals surface area (Å²) < 4.78 is 39.1. The van der Waals surface area contributed by atoms with Gasteiger partial charge in [-0.15, -0.1) is 0 Å². The van der Waals surface area contributed by atoms with Crippen molar-refractivity contribution in [2.24, 2.45) is 0 Å². The second kappa shape index (κ2) is 4.95. The Morgan fingerprint density at radius 3 is 2.61 bits per heavy atom. The zero-order chi connectivity index (χ0) is 13.1. The van der Waals surface area contributed by atoms with Crippen LogP contribution in [0.15, 0.2) is 30.3 Å². The molecular formula is C12H10F3N3. The molecule has 0 atom stereocenters. The van der Waals surface area contributed by atoms with Crippen LogP contribution in [0.3, 0.4) is 0 Å². The highest BCUT2D eigenvalue weighted by atomic mass is 19.1. The number of rotatable bonds is 3. The van der Waals surface area contributed by atoms with Crippen LogP contribution >= 0.6 is 0 Å². The molecule has 94 valence electrons. The number of nitrogens with two attached hydrogens (primary N) is 1. The van der Waals surface area contributed by atoms with Gasteiger partial charge < -0.3 is 11.1 Å². The van der Waals surface area contributed by atoms with Crippen molar-refractivity contribution in [3.63, 3.8) is 0 Å². The molecule has 6 heteroatoms. The van der Waals surface area contributed by atoms with Crippen LogP contribution in [-0.2, 0) is 6.54 Å². The molecule has 0 spiro atoms. The largest absolute Gasteiger partial charge is 0.381 e. The molecule has 0 aliphatic carbocycles. The fraction of sp³-hybridized carbons (Fsp3) is 0.0833. The zero-order valence-electron chi connectivity index (χ0n) is 9.25. The molecule has 0 amide bonds. The van der Waals surface area contributed by atoms with Crippen LogP contribution in [0.5, 0.6) is 0 Å². The standard InChI is InChI=1S/C12H10F3N3/c13-8-3-1-2-7(4-8)6-17-12-10(15)5-9(14)11(16)18-12/h1-5H,6H2,(H3,16,17,18). The second-order valence-corrected chi connectivity index (χ2v) is 3.67. The minimum Gasteiger partial charge on any atom is -0.381 e. The predicted octanol–water partition coefficient (Wildman–Crippen LogP) is 2.69. The van der Waals surface area contributed by atoms with Gasteiger partial charge in [-0.2, -0.15) is 0 Å². The van der Waals surface area contributed by atoms with E-state index in [0.717, 1.165) is 0 Å². The van der Waals surface area contributed by atoms with Gasteiger partial charge in [-0.05, 0) is 17.7 Å². The maximum atomic E-state index is 13.3. The molecular weight excluding hydrogens is 243 g/mol. The normalized spacial score (nSPS) is 10.4. The van der Waals surface area contributed by atoms with Crippen LogP contribution < -0.4 is 11.1 Å². The smallest absolute Gasteiger partial charge is 0.168 e. The van der Waals surface area contributed by atoms with Gasteiger partial charge in [0, 0.05) is 12.6 Å². The van der Waals surface area contributed by atoms with Gasteiger partial charge in [-0.3, -0.25) is 0 Å². The van der Waals surface area contributed by atoms with E-state index in [0.29, 0.717) is 11.6 Å². The number of nitrogens with one attached hydrogen (secondary N) is 1. The van der Waals surface area contributed by atoms with Gasteiger partial charge in [-0.25, -0.2) is 18.2 Å². The molecule has 0 unspecified atom stereocenters. The quantitative estimate of drug-likeness (QED) is 0.884. The number of benzene rings is 1. The fourth-order valence-corrected chi connectivity index (χ4v) is 1.44. The molecule has 1 aromatic heterocycles. The van der Waals surface area contributed by atoms with Crippen molar-refractivity contribution in [1.82, 2.24) is 4.98 Å². The molecule has 0 bridgehead atoms. The summed E-state index contributed by atoms with van der Waals surface area (Å²) in [5.74, 6) is -2.71. The molecule has 0 fully saturated rings. The highest BCUT2D eigenvalue weighted by Crippen LogP contribution is 2.17. The van der Waals surface area contributed by atoms with Crippen molar-refractivity contribution in [3.8, 4) is 0 Å². The van der Waals surface area contributed by atoms with Crippen molar-refractivity contribution in [3.05, 3.63) is 53.3 Å². The van der Waals surface area contributed by atoms with E-state index in [1.807, 2.05) is 0 Å². The molecule has 1 aromatic carbocycles. The lowest BCUT2D eigenvalue weighted by Gasteiger charge is -2.08. The Hall–Kier alpha value is -2.24. The number of nitrogen functional groups attached to an aromatic ring is 1. The molecule has 0 aliphatic rings. The van der Waals surface area contributed by atoms with Gasteiger partial charge >= 0.3 is 0 Å². The first-order valence-corrected chi connectivity index (χ1v) is 5.16. The van der Waals surface area contributed by atoms with Crippen LogP contribution in [0.4, 0.5) is 24.8 Å². The third kappa shape index (κ3) is 2.71. The number of nitrogens with zero attached hydrogens (tertiary/aromatic N) is 1. The molecule has 2 aromatic rings. The van der Waals surface area contributed by atoms with Crippen LogP contribution in [0, 0.1) is 17.5 Å². The Labute approximate surface area is 101 Å². The van der Waals surface area contributed by atoms with Crippen molar-refractivity contribution in [1.29, 1.82) is 0 Å². The van der Waals surface area contributed by atoms with Gasteiger partial charge in [0.2, 0.25) is 0 Å². The number of hydrogen-bond acceptors (Lipinski definition) is 3. The summed E-state index contributed by atoms with van der Waals surface area (Å²) in [7, 11) is 0. The summed E-state index contributed by atoms with van der Waals surface area (Å²) in [5, 5.41) is 2.63. The van der Waals surface area contributed by atoms with Gasteiger partial charge in [0.15, 0.2) is 23.3 Å². The number of pyridine rings is 1. The average Bonchev–Trinajstić information content (AvgIpc) is 2.32. The highest BCUT2D eigenvalue weighted by Gasteiger charge is 2.09. The molecule has 18 heavy (non-hydrogen) atoms. The van der Waals surface area contributed by atoms with Gasteiger partial charge in [0.1, 0.15) is 5.82 Å². The predicted molar refractivity (Wildman–Crippen MR) is 62.3 cm³/mol. The van der Waals surface area contributed by atoms with Crippen LogP contribution in [-0.4, -0.2) is 4.98 Å². The van der Waals surface area contributed by atoms with Crippen molar-refractivity contribution < 1.29 is 13.2 Å². The lowest BCUT2D eigenvalue weighted by molar-refractivity contribution is 0.579. The number of anilines is 2.